The van der Waals surface area contributed by atoms with Crippen LogP contribution in [0.1, 0.15) is 41.7 Å². The first-order valence-electron chi connectivity index (χ1n) is 11.9. The molecule has 3 aromatic rings. The van der Waals surface area contributed by atoms with Gasteiger partial charge < -0.3 is 14.7 Å². The molecule has 0 N–H and O–H groups in total. The van der Waals surface area contributed by atoms with Gasteiger partial charge in [-0.05, 0) is 49.6 Å². The highest BCUT2D eigenvalue weighted by Crippen LogP contribution is 2.26. The van der Waals surface area contributed by atoms with Crippen LogP contribution in [0.25, 0.3) is 11.0 Å². The predicted octanol–water partition coefficient (Wildman–Crippen LogP) is 3.29. The quantitative estimate of drug-likeness (QED) is 0.595. The number of piperazine rings is 1. The summed E-state index contributed by atoms with van der Waals surface area (Å²) in [6.07, 6.45) is 4.79. The van der Waals surface area contributed by atoms with Crippen molar-refractivity contribution in [3.05, 3.63) is 47.4 Å². The van der Waals surface area contributed by atoms with Crippen molar-refractivity contribution in [3.8, 4) is 0 Å². The molecule has 2 aliphatic heterocycles. The first-order chi connectivity index (χ1) is 16.4. The lowest BCUT2D eigenvalue weighted by atomic mass is 10.1. The van der Waals surface area contributed by atoms with Gasteiger partial charge in [-0.25, -0.2) is 14.1 Å². The number of halogens is 1. The minimum atomic E-state index is -0.435. The van der Waals surface area contributed by atoms with Crippen molar-refractivity contribution in [1.82, 2.24) is 19.7 Å². The Kier molecular flexibility index (Phi) is 5.93. The standard InChI is InChI=1S/C25H29FN6O2/c1-17-7-9-20(19(26)15-17)32-14-13-31(16-22(32)33)25(34)23-18-8-10-21(27-24(18)29(2)28-23)30-11-5-3-4-6-12-30/h7-10,15H,3-6,11-14,16H2,1-2H3. The van der Waals surface area contributed by atoms with Crippen molar-refractivity contribution in [2.75, 3.05) is 42.5 Å². The van der Waals surface area contributed by atoms with Crippen molar-refractivity contribution in [1.29, 1.82) is 0 Å². The third-order valence-electron chi connectivity index (χ3n) is 6.71. The summed E-state index contributed by atoms with van der Waals surface area (Å²) in [6, 6.07) is 8.65. The van der Waals surface area contributed by atoms with Gasteiger partial charge in [0.15, 0.2) is 11.3 Å². The maximum absolute atomic E-state index is 14.4. The van der Waals surface area contributed by atoms with E-state index in [1.165, 1.54) is 28.7 Å². The molecule has 0 atom stereocenters. The highest BCUT2D eigenvalue weighted by Gasteiger charge is 2.32. The van der Waals surface area contributed by atoms with Crippen molar-refractivity contribution < 1.29 is 14.0 Å². The molecule has 8 nitrogen and oxygen atoms in total. The molecule has 2 amide bonds. The van der Waals surface area contributed by atoms with E-state index in [9.17, 15) is 14.0 Å². The molecule has 0 radical (unpaired) electrons. The number of rotatable bonds is 3. The SMILES string of the molecule is Cc1ccc(N2CCN(C(=O)c3nn(C)c4nc(N5CCCCCC5)ccc34)CC2=O)c(F)c1. The van der Waals surface area contributed by atoms with Crippen LogP contribution in [0.4, 0.5) is 15.9 Å². The normalized spacial score (nSPS) is 17.4. The van der Waals surface area contributed by atoms with Crippen LogP contribution in [0.2, 0.25) is 0 Å². The molecule has 2 aromatic heterocycles. The van der Waals surface area contributed by atoms with E-state index in [0.29, 0.717) is 17.6 Å². The smallest absolute Gasteiger partial charge is 0.275 e. The summed E-state index contributed by atoms with van der Waals surface area (Å²) in [6.45, 7) is 4.17. The number of anilines is 2. The van der Waals surface area contributed by atoms with Crippen molar-refractivity contribution in [2.24, 2.45) is 7.05 Å². The van der Waals surface area contributed by atoms with Crippen LogP contribution in [0.3, 0.4) is 0 Å². The fraction of sp³-hybridized carbons (Fsp3) is 0.440. The highest BCUT2D eigenvalue weighted by molar-refractivity contribution is 6.07. The highest BCUT2D eigenvalue weighted by atomic mass is 19.1. The van der Waals surface area contributed by atoms with E-state index in [1.807, 2.05) is 12.1 Å². The second-order valence-corrected chi connectivity index (χ2v) is 9.14. The molecule has 178 valence electrons. The molecule has 0 bridgehead atoms. The molecule has 34 heavy (non-hydrogen) atoms. The number of aromatic nitrogens is 3. The molecule has 4 heterocycles. The van der Waals surface area contributed by atoms with E-state index >= 15 is 0 Å². The maximum Gasteiger partial charge on any atom is 0.275 e. The molecule has 0 saturated carbocycles. The monoisotopic (exact) mass is 464 g/mol. The van der Waals surface area contributed by atoms with Crippen LogP contribution >= 0.6 is 0 Å². The van der Waals surface area contributed by atoms with Crippen LogP contribution in [0, 0.1) is 12.7 Å². The zero-order valence-corrected chi connectivity index (χ0v) is 19.6. The lowest BCUT2D eigenvalue weighted by molar-refractivity contribution is -0.120. The van der Waals surface area contributed by atoms with Crippen LogP contribution in [0.15, 0.2) is 30.3 Å². The second kappa shape index (κ2) is 9.04. The molecule has 2 aliphatic rings. The Bertz CT molecular complexity index is 1250. The van der Waals surface area contributed by atoms with Crippen LogP contribution in [-0.4, -0.2) is 64.2 Å². The Morgan fingerprint density at radius 1 is 1.00 bits per heavy atom. The molecule has 1 aromatic carbocycles. The zero-order valence-electron chi connectivity index (χ0n) is 19.6. The fourth-order valence-electron chi connectivity index (χ4n) is 4.84. The molecule has 0 unspecified atom stereocenters. The van der Waals surface area contributed by atoms with Gasteiger partial charge in [-0.15, -0.1) is 0 Å². The summed E-state index contributed by atoms with van der Waals surface area (Å²) in [7, 11) is 1.78. The molecule has 2 saturated heterocycles. The number of carbonyl (C=O) groups excluding carboxylic acids is 2. The summed E-state index contributed by atoms with van der Waals surface area (Å²) in [5.74, 6) is -0.160. The van der Waals surface area contributed by atoms with Crippen LogP contribution in [0.5, 0.6) is 0 Å². The van der Waals surface area contributed by atoms with Gasteiger partial charge in [-0.3, -0.25) is 9.59 Å². The average Bonchev–Trinajstić information content (AvgIpc) is 2.99. The third-order valence-corrected chi connectivity index (χ3v) is 6.71. The van der Waals surface area contributed by atoms with Gasteiger partial charge in [-0.2, -0.15) is 5.10 Å². The van der Waals surface area contributed by atoms with Gasteiger partial charge in [0.1, 0.15) is 18.2 Å². The van der Waals surface area contributed by atoms with E-state index in [1.54, 1.807) is 30.8 Å². The topological polar surface area (TPSA) is 74.6 Å². The zero-order chi connectivity index (χ0) is 23.8. The summed E-state index contributed by atoms with van der Waals surface area (Å²) < 4.78 is 16.0. The number of pyridine rings is 1. The van der Waals surface area contributed by atoms with Gasteiger partial charge in [0.2, 0.25) is 5.91 Å². The number of amides is 2. The number of carbonyl (C=O) groups is 2. The molecule has 2 fully saturated rings. The Hall–Kier alpha value is -3.49. The van der Waals surface area contributed by atoms with Crippen molar-refractivity contribution in [3.63, 3.8) is 0 Å². The van der Waals surface area contributed by atoms with E-state index in [0.717, 1.165) is 37.3 Å². The van der Waals surface area contributed by atoms with Gasteiger partial charge in [0, 0.05) is 33.2 Å². The minimum Gasteiger partial charge on any atom is -0.357 e. The van der Waals surface area contributed by atoms with E-state index in [-0.39, 0.29) is 36.3 Å². The molecule has 9 heteroatoms. The maximum atomic E-state index is 14.4. The lowest BCUT2D eigenvalue weighted by Gasteiger charge is -2.34. The number of nitrogens with zero attached hydrogens (tertiary/aromatic N) is 6. The number of aryl methyl sites for hydroxylation is 2. The molecule has 0 spiro atoms. The third kappa shape index (κ3) is 4.10. The number of fused-ring (bicyclic) bond motifs is 1. The minimum absolute atomic E-state index is 0.122. The Balaban J connectivity index is 1.36. The first kappa shape index (κ1) is 22.3. The second-order valence-electron chi connectivity index (χ2n) is 9.14. The van der Waals surface area contributed by atoms with Gasteiger partial charge in [-0.1, -0.05) is 18.9 Å². The number of benzene rings is 1. The fourth-order valence-corrected chi connectivity index (χ4v) is 4.84. The summed E-state index contributed by atoms with van der Waals surface area (Å²) >= 11 is 0. The average molecular weight is 465 g/mol. The number of hydrogen-bond donors (Lipinski definition) is 0. The van der Waals surface area contributed by atoms with E-state index in [4.69, 9.17) is 4.98 Å². The predicted molar refractivity (Wildman–Crippen MR) is 129 cm³/mol. The largest absolute Gasteiger partial charge is 0.357 e. The van der Waals surface area contributed by atoms with Gasteiger partial charge >= 0.3 is 0 Å². The molecule has 5 rings (SSSR count). The molecular weight excluding hydrogens is 435 g/mol. The summed E-state index contributed by atoms with van der Waals surface area (Å²) in [5, 5.41) is 5.13. The van der Waals surface area contributed by atoms with Gasteiger partial charge in [0.05, 0.1) is 11.1 Å². The Morgan fingerprint density at radius 2 is 1.76 bits per heavy atom. The summed E-state index contributed by atoms with van der Waals surface area (Å²) in [5.41, 5.74) is 1.97. The Morgan fingerprint density at radius 3 is 2.47 bits per heavy atom. The van der Waals surface area contributed by atoms with Crippen LogP contribution in [-0.2, 0) is 11.8 Å². The Labute approximate surface area is 197 Å². The van der Waals surface area contributed by atoms with Crippen LogP contribution < -0.4 is 9.80 Å². The number of hydrogen-bond acceptors (Lipinski definition) is 5. The van der Waals surface area contributed by atoms with Crippen molar-refractivity contribution >= 4 is 34.4 Å². The molecule has 0 aliphatic carbocycles. The first-order valence-corrected chi connectivity index (χ1v) is 11.9. The van der Waals surface area contributed by atoms with Crippen molar-refractivity contribution in [2.45, 2.75) is 32.6 Å². The van der Waals surface area contributed by atoms with E-state index < -0.39 is 5.82 Å². The molecular formula is C25H29FN6O2. The lowest BCUT2D eigenvalue weighted by Crippen LogP contribution is -2.52. The van der Waals surface area contributed by atoms with Gasteiger partial charge in [0.25, 0.3) is 5.91 Å². The summed E-state index contributed by atoms with van der Waals surface area (Å²) in [4.78, 5) is 36.1. The van der Waals surface area contributed by atoms with E-state index in [2.05, 4.69) is 10.00 Å².